The van der Waals surface area contributed by atoms with Gasteiger partial charge in [-0.25, -0.2) is 0 Å². The second-order valence-electron chi connectivity index (χ2n) is 7.00. The van der Waals surface area contributed by atoms with Gasteiger partial charge in [0.15, 0.2) is 0 Å². The van der Waals surface area contributed by atoms with Crippen LogP contribution in [0.15, 0.2) is 0 Å². The van der Waals surface area contributed by atoms with Crippen molar-refractivity contribution in [1.29, 1.82) is 0 Å². The number of nitrogens with two attached hydrogens (primary N) is 1. The summed E-state index contributed by atoms with van der Waals surface area (Å²) in [5, 5.41) is 14.3. The zero-order valence-electron chi connectivity index (χ0n) is 15.2. The van der Waals surface area contributed by atoms with E-state index in [4.69, 9.17) is 5.73 Å². The maximum Gasteiger partial charge on any atom is 0.390 e. The van der Waals surface area contributed by atoms with Crippen molar-refractivity contribution in [2.24, 2.45) is 5.73 Å². The number of hydrogen-bond donors (Lipinski definition) is 3. The smallest absolute Gasteiger partial charge is 0.356 e. The number of hydrogen-bond acceptors (Lipinski definition) is 6. The summed E-state index contributed by atoms with van der Waals surface area (Å²) < 4.78 is 38.4. The Morgan fingerprint density at radius 3 is 2.63 bits per heavy atom. The molecule has 1 amide bonds. The first kappa shape index (κ1) is 20.4. The number of alkyl halides is 3. The van der Waals surface area contributed by atoms with Crippen LogP contribution >= 0.6 is 11.3 Å². The highest BCUT2D eigenvalue weighted by molar-refractivity contribution is 7.16. The molecule has 1 aliphatic carbocycles. The van der Waals surface area contributed by atoms with E-state index in [9.17, 15) is 23.1 Å². The Hall–Kier alpha value is -1.36. The van der Waals surface area contributed by atoms with Crippen molar-refractivity contribution in [2.75, 3.05) is 24.5 Å². The molecule has 6 nitrogen and oxygen atoms in total. The summed E-state index contributed by atoms with van der Waals surface area (Å²) in [5.74, 6) is -0.288. The third-order valence-corrected chi connectivity index (χ3v) is 6.50. The van der Waals surface area contributed by atoms with Gasteiger partial charge in [-0.2, -0.15) is 13.2 Å². The number of carbonyl (C=O) groups excluding carboxylic acids is 1. The predicted octanol–water partition coefficient (Wildman–Crippen LogP) is 2.15. The number of halogens is 3. The van der Waals surface area contributed by atoms with E-state index in [1.54, 1.807) is 0 Å². The van der Waals surface area contributed by atoms with E-state index in [-0.39, 0.29) is 18.5 Å². The normalized spacial score (nSPS) is 20.8. The molecule has 0 saturated heterocycles. The number of nitrogens with one attached hydrogen (secondary N) is 1. The molecule has 1 aromatic heterocycles. The Morgan fingerprint density at radius 1 is 1.37 bits per heavy atom. The summed E-state index contributed by atoms with van der Waals surface area (Å²) in [6.07, 6.45) is -4.26. The number of aliphatic hydroxyl groups is 1. The van der Waals surface area contributed by atoms with Gasteiger partial charge in [0, 0.05) is 37.1 Å². The molecular weight excluding hydrogens is 381 g/mol. The second-order valence-corrected chi connectivity index (χ2v) is 8.08. The van der Waals surface area contributed by atoms with E-state index in [1.807, 2.05) is 6.92 Å². The predicted molar refractivity (Wildman–Crippen MR) is 97.7 cm³/mol. The van der Waals surface area contributed by atoms with Crippen LogP contribution in [-0.4, -0.2) is 54.1 Å². The lowest BCUT2D eigenvalue weighted by Crippen LogP contribution is -2.60. The number of aliphatic hydroxyl groups excluding tert-OH is 1. The number of amides is 1. The van der Waals surface area contributed by atoms with Crippen molar-refractivity contribution in [3.63, 3.8) is 0 Å². The number of rotatable bonds is 7. The summed E-state index contributed by atoms with van der Waals surface area (Å²) in [7, 11) is 0. The zero-order valence-corrected chi connectivity index (χ0v) is 16.0. The Morgan fingerprint density at radius 2 is 2.07 bits per heavy atom. The fraction of sp³-hybridized carbons (Fsp3) is 0.706. The summed E-state index contributed by atoms with van der Waals surface area (Å²) in [6, 6.07) is -0.118. The maximum atomic E-state index is 13.1. The minimum absolute atomic E-state index is 0.118. The van der Waals surface area contributed by atoms with Gasteiger partial charge in [-0.3, -0.25) is 9.69 Å². The molecule has 0 radical (unpaired) electrons. The van der Waals surface area contributed by atoms with E-state index < -0.39 is 18.9 Å². The molecule has 1 saturated carbocycles. The Labute approximate surface area is 160 Å². The zero-order chi connectivity index (χ0) is 19.8. The average Bonchev–Trinajstić information content (AvgIpc) is 2.85. The lowest BCUT2D eigenvalue weighted by molar-refractivity contribution is -0.134. The van der Waals surface area contributed by atoms with E-state index in [0.717, 1.165) is 29.7 Å². The molecule has 0 spiro atoms. The fourth-order valence-corrected chi connectivity index (χ4v) is 4.75. The van der Waals surface area contributed by atoms with Crippen molar-refractivity contribution < 1.29 is 23.1 Å². The molecule has 2 heterocycles. The van der Waals surface area contributed by atoms with Gasteiger partial charge >= 0.3 is 6.18 Å². The monoisotopic (exact) mass is 406 g/mol. The van der Waals surface area contributed by atoms with Crippen LogP contribution in [0.3, 0.4) is 0 Å². The van der Waals surface area contributed by atoms with Crippen LogP contribution in [0.4, 0.5) is 18.2 Å². The van der Waals surface area contributed by atoms with E-state index in [2.05, 4.69) is 5.32 Å². The van der Waals surface area contributed by atoms with Gasteiger partial charge in [0.2, 0.25) is 6.35 Å². The molecule has 1 aromatic rings. The lowest BCUT2D eigenvalue weighted by atomic mass is 9.90. The van der Waals surface area contributed by atoms with Gasteiger partial charge < -0.3 is 21.1 Å². The summed E-state index contributed by atoms with van der Waals surface area (Å²) >= 11 is 1.27. The van der Waals surface area contributed by atoms with Crippen molar-refractivity contribution in [3.8, 4) is 0 Å². The molecule has 2 aliphatic rings. The molecular formula is C17H25F3N4O2S. The minimum Gasteiger partial charge on any atom is -0.356 e. The molecule has 0 aromatic carbocycles. The molecule has 3 rings (SSSR count). The van der Waals surface area contributed by atoms with Crippen LogP contribution in [0.1, 0.15) is 46.5 Å². The highest BCUT2D eigenvalue weighted by Crippen LogP contribution is 2.44. The van der Waals surface area contributed by atoms with Crippen LogP contribution < -0.4 is 16.0 Å². The third kappa shape index (κ3) is 4.08. The molecule has 4 N–H and O–H groups in total. The van der Waals surface area contributed by atoms with Gasteiger partial charge in [0.25, 0.3) is 5.91 Å². The SMILES string of the molecule is Cc1c(CNCCN)sc2c1C(=O)N(C1CCC1)C(O)N2CCC(F)(F)F. The van der Waals surface area contributed by atoms with Crippen molar-refractivity contribution in [1.82, 2.24) is 10.2 Å². The lowest BCUT2D eigenvalue weighted by Gasteiger charge is -2.47. The Kier molecular flexibility index (Phi) is 5.99. The quantitative estimate of drug-likeness (QED) is 0.605. The van der Waals surface area contributed by atoms with Gasteiger partial charge in [-0.1, -0.05) is 0 Å². The Bertz CT molecular complexity index is 690. The highest BCUT2D eigenvalue weighted by Gasteiger charge is 2.45. The molecule has 27 heavy (non-hydrogen) atoms. The second kappa shape index (κ2) is 7.94. The minimum atomic E-state index is -4.33. The standard InChI is InChI=1S/C17H25F3N4O2S/c1-10-12(9-22-7-6-21)27-15-13(10)14(25)24(11-3-2-4-11)16(26)23(15)8-5-17(18,19)20/h11,16,22,26H,2-9,21H2,1H3. The maximum absolute atomic E-state index is 13.1. The van der Waals surface area contributed by atoms with E-state index in [1.165, 1.54) is 21.1 Å². The van der Waals surface area contributed by atoms with Crippen molar-refractivity contribution >= 4 is 22.2 Å². The van der Waals surface area contributed by atoms with Gasteiger partial charge in [0.05, 0.1) is 12.0 Å². The highest BCUT2D eigenvalue weighted by atomic mass is 32.1. The molecule has 1 atom stereocenters. The topological polar surface area (TPSA) is 81.8 Å². The number of anilines is 1. The molecule has 10 heteroatoms. The van der Waals surface area contributed by atoms with Crippen LogP contribution in [0.5, 0.6) is 0 Å². The van der Waals surface area contributed by atoms with Crippen LogP contribution in [0, 0.1) is 6.92 Å². The average molecular weight is 406 g/mol. The first-order chi connectivity index (χ1) is 12.7. The first-order valence-electron chi connectivity index (χ1n) is 9.11. The van der Waals surface area contributed by atoms with E-state index in [0.29, 0.717) is 30.2 Å². The molecule has 0 bridgehead atoms. The van der Waals surface area contributed by atoms with Crippen molar-refractivity contribution in [2.45, 2.75) is 57.7 Å². The number of fused-ring (bicyclic) bond motifs is 1. The third-order valence-electron chi connectivity index (χ3n) is 5.17. The molecule has 1 unspecified atom stereocenters. The molecule has 1 fully saturated rings. The number of nitrogens with zero attached hydrogens (tertiary/aromatic N) is 2. The van der Waals surface area contributed by atoms with Crippen LogP contribution in [0.2, 0.25) is 0 Å². The summed E-state index contributed by atoms with van der Waals surface area (Å²) in [5.41, 5.74) is 6.66. The number of thiophene rings is 1. The largest absolute Gasteiger partial charge is 0.390 e. The van der Waals surface area contributed by atoms with Gasteiger partial charge in [-0.05, 0) is 31.7 Å². The summed E-state index contributed by atoms with van der Waals surface area (Å²) in [6.45, 7) is 2.98. The van der Waals surface area contributed by atoms with Gasteiger partial charge in [0.1, 0.15) is 5.00 Å². The first-order valence-corrected chi connectivity index (χ1v) is 9.93. The van der Waals surface area contributed by atoms with Gasteiger partial charge in [-0.15, -0.1) is 11.3 Å². The number of carbonyl (C=O) groups is 1. The van der Waals surface area contributed by atoms with Crippen molar-refractivity contribution in [3.05, 3.63) is 16.0 Å². The van der Waals surface area contributed by atoms with E-state index >= 15 is 0 Å². The Balaban J connectivity index is 1.94. The van der Waals surface area contributed by atoms with Crippen LogP contribution in [0.25, 0.3) is 0 Å². The summed E-state index contributed by atoms with van der Waals surface area (Å²) in [4.78, 5) is 16.6. The molecule has 1 aliphatic heterocycles. The molecule has 152 valence electrons. The van der Waals surface area contributed by atoms with Crippen LogP contribution in [-0.2, 0) is 6.54 Å². The fourth-order valence-electron chi connectivity index (χ4n) is 3.44.